The third-order valence-corrected chi connectivity index (χ3v) is 7.05. The lowest BCUT2D eigenvalue weighted by atomic mass is 9.95. The number of aromatic nitrogens is 3. The number of amides is 1. The van der Waals surface area contributed by atoms with E-state index < -0.39 is 5.54 Å². The molecule has 2 aliphatic rings. The maximum absolute atomic E-state index is 13.4. The molecule has 1 saturated heterocycles. The van der Waals surface area contributed by atoms with Crippen molar-refractivity contribution in [2.75, 3.05) is 13.1 Å². The standard InChI is InChI=1S/C27H32FN5O2/c1-15(2)21-12-23(32(5)31-21)26(34)33-13-19-20(14-33)25(19)35-24-11-17(27(3,4)29)10-22(30-24)16-6-8-18(28)9-7-16/h6-12,15,19-20,25H,13-14,29H2,1-5H3/t19-,20+,25+. The van der Waals surface area contributed by atoms with Gasteiger partial charge < -0.3 is 15.4 Å². The Morgan fingerprint density at radius 3 is 2.37 bits per heavy atom. The molecule has 0 radical (unpaired) electrons. The summed E-state index contributed by atoms with van der Waals surface area (Å²) < 4.78 is 21.4. The van der Waals surface area contributed by atoms with E-state index in [9.17, 15) is 9.18 Å². The number of hydrogen-bond acceptors (Lipinski definition) is 5. The number of rotatable bonds is 6. The molecular weight excluding hydrogens is 445 g/mol. The second-order valence-electron chi connectivity index (χ2n) is 10.7. The summed E-state index contributed by atoms with van der Waals surface area (Å²) in [6.45, 7) is 9.31. The predicted octanol–water partition coefficient (Wildman–Crippen LogP) is 4.09. The van der Waals surface area contributed by atoms with Crippen LogP contribution in [0.3, 0.4) is 0 Å². The SMILES string of the molecule is CC(C)c1cc(C(=O)N2C[C@@H]3[C@H](C2)[C@H]3Oc2cc(C(C)(C)N)cc(-c3ccc(F)cc3)n2)n(C)n1. The third kappa shape index (κ3) is 4.55. The van der Waals surface area contributed by atoms with E-state index in [0.717, 1.165) is 16.8 Å². The predicted molar refractivity (Wildman–Crippen MR) is 131 cm³/mol. The van der Waals surface area contributed by atoms with Crippen molar-refractivity contribution in [2.45, 2.75) is 45.3 Å². The van der Waals surface area contributed by atoms with Gasteiger partial charge in [-0.05, 0) is 61.7 Å². The van der Waals surface area contributed by atoms with E-state index in [1.54, 1.807) is 16.8 Å². The van der Waals surface area contributed by atoms with Crippen LogP contribution in [0.4, 0.5) is 4.39 Å². The Morgan fingerprint density at radius 1 is 1.14 bits per heavy atom. The van der Waals surface area contributed by atoms with Crippen molar-refractivity contribution >= 4 is 5.91 Å². The third-order valence-electron chi connectivity index (χ3n) is 7.05. The summed E-state index contributed by atoms with van der Waals surface area (Å²) in [4.78, 5) is 19.7. The zero-order chi connectivity index (χ0) is 25.1. The molecule has 3 heterocycles. The van der Waals surface area contributed by atoms with Crippen LogP contribution in [0.1, 0.15) is 55.4 Å². The number of carbonyl (C=O) groups is 1. The smallest absolute Gasteiger partial charge is 0.272 e. The van der Waals surface area contributed by atoms with Crippen molar-refractivity contribution in [3.05, 3.63) is 65.2 Å². The van der Waals surface area contributed by atoms with E-state index in [1.807, 2.05) is 44.0 Å². The number of fused-ring (bicyclic) bond motifs is 1. The summed E-state index contributed by atoms with van der Waals surface area (Å²) in [5.41, 5.74) is 9.72. The monoisotopic (exact) mass is 477 g/mol. The van der Waals surface area contributed by atoms with Gasteiger partial charge in [0.25, 0.3) is 5.91 Å². The molecule has 0 bridgehead atoms. The van der Waals surface area contributed by atoms with Crippen LogP contribution in [0.5, 0.6) is 5.88 Å². The molecule has 2 N–H and O–H groups in total. The first-order valence-electron chi connectivity index (χ1n) is 12.1. The van der Waals surface area contributed by atoms with Gasteiger partial charge in [-0.15, -0.1) is 0 Å². The maximum Gasteiger partial charge on any atom is 0.272 e. The van der Waals surface area contributed by atoms with Crippen molar-refractivity contribution in [1.29, 1.82) is 0 Å². The Kier molecular flexibility index (Phi) is 5.67. The van der Waals surface area contributed by atoms with Gasteiger partial charge in [0.05, 0.1) is 11.4 Å². The number of aryl methyl sites for hydroxylation is 1. The fourth-order valence-corrected chi connectivity index (χ4v) is 4.79. The largest absolute Gasteiger partial charge is 0.474 e. The molecule has 7 nitrogen and oxygen atoms in total. The minimum absolute atomic E-state index is 0.0152. The van der Waals surface area contributed by atoms with Crippen LogP contribution in [0.25, 0.3) is 11.3 Å². The number of nitrogens with zero attached hydrogens (tertiary/aromatic N) is 4. The fraction of sp³-hybridized carbons (Fsp3) is 0.444. The Bertz CT molecular complexity index is 1250. The van der Waals surface area contributed by atoms with Crippen LogP contribution < -0.4 is 10.5 Å². The molecule has 3 atom stereocenters. The molecule has 1 aliphatic heterocycles. The summed E-state index contributed by atoms with van der Waals surface area (Å²) in [5, 5.41) is 4.47. The van der Waals surface area contributed by atoms with Crippen LogP contribution in [0.15, 0.2) is 42.5 Å². The summed E-state index contributed by atoms with van der Waals surface area (Å²) in [5.74, 6) is 1.06. The molecule has 0 spiro atoms. The quantitative estimate of drug-likeness (QED) is 0.578. The minimum atomic E-state index is -0.587. The Hall–Kier alpha value is -3.26. The lowest BCUT2D eigenvalue weighted by Gasteiger charge is -2.22. The second kappa shape index (κ2) is 8.45. The summed E-state index contributed by atoms with van der Waals surface area (Å²) in [6.07, 6.45) is 0.0153. The molecular formula is C27H32FN5O2. The van der Waals surface area contributed by atoms with Crippen molar-refractivity contribution < 1.29 is 13.9 Å². The van der Waals surface area contributed by atoms with Crippen LogP contribution in [0, 0.1) is 17.7 Å². The topological polar surface area (TPSA) is 86.3 Å². The van der Waals surface area contributed by atoms with Crippen molar-refractivity contribution in [3.63, 3.8) is 0 Å². The van der Waals surface area contributed by atoms with E-state index >= 15 is 0 Å². The molecule has 1 aromatic carbocycles. The molecule has 1 saturated carbocycles. The van der Waals surface area contributed by atoms with Crippen LogP contribution in [0.2, 0.25) is 0 Å². The highest BCUT2D eigenvalue weighted by Crippen LogP contribution is 2.48. The molecule has 2 fully saturated rings. The van der Waals surface area contributed by atoms with Crippen LogP contribution in [-0.2, 0) is 12.6 Å². The lowest BCUT2D eigenvalue weighted by molar-refractivity contribution is 0.0740. The number of nitrogens with two attached hydrogens (primary N) is 1. The number of carbonyl (C=O) groups excluding carboxylic acids is 1. The van der Waals surface area contributed by atoms with Gasteiger partial charge in [0.15, 0.2) is 0 Å². The summed E-state index contributed by atoms with van der Waals surface area (Å²) in [7, 11) is 1.82. The normalized spacial score (nSPS) is 21.4. The zero-order valence-corrected chi connectivity index (χ0v) is 20.8. The Labute approximate surface area is 205 Å². The van der Waals surface area contributed by atoms with E-state index in [-0.39, 0.29) is 35.6 Å². The molecule has 0 unspecified atom stereocenters. The number of pyridine rings is 1. The van der Waals surface area contributed by atoms with Gasteiger partial charge in [-0.25, -0.2) is 9.37 Å². The Balaban J connectivity index is 1.30. The van der Waals surface area contributed by atoms with Gasteiger partial charge in [-0.2, -0.15) is 5.10 Å². The number of ether oxygens (including phenoxy) is 1. The maximum atomic E-state index is 13.4. The average molecular weight is 478 g/mol. The minimum Gasteiger partial charge on any atom is -0.474 e. The van der Waals surface area contributed by atoms with Crippen molar-refractivity contribution in [1.82, 2.24) is 19.7 Å². The molecule has 35 heavy (non-hydrogen) atoms. The highest BCUT2D eigenvalue weighted by atomic mass is 19.1. The van der Waals surface area contributed by atoms with E-state index in [4.69, 9.17) is 15.5 Å². The Morgan fingerprint density at radius 2 is 1.80 bits per heavy atom. The van der Waals surface area contributed by atoms with Gasteiger partial charge in [-0.1, -0.05) is 13.8 Å². The first-order chi connectivity index (χ1) is 16.5. The molecule has 8 heteroatoms. The van der Waals surface area contributed by atoms with Crippen LogP contribution >= 0.6 is 0 Å². The van der Waals surface area contributed by atoms with Crippen molar-refractivity contribution in [3.8, 4) is 17.1 Å². The number of likely N-dealkylation sites (tertiary alicyclic amines) is 1. The molecule has 184 valence electrons. The molecule has 1 aliphatic carbocycles. The number of hydrogen-bond donors (Lipinski definition) is 1. The number of piperidine rings is 1. The number of halogens is 1. The number of benzene rings is 1. The van der Waals surface area contributed by atoms with Gasteiger partial charge >= 0.3 is 0 Å². The lowest BCUT2D eigenvalue weighted by Crippen LogP contribution is -2.34. The van der Waals surface area contributed by atoms with Gasteiger partial charge in [0.1, 0.15) is 17.6 Å². The first kappa shape index (κ1) is 23.5. The van der Waals surface area contributed by atoms with Gasteiger partial charge in [0.2, 0.25) is 5.88 Å². The molecule has 1 amide bonds. The van der Waals surface area contributed by atoms with Crippen LogP contribution in [-0.4, -0.2) is 44.8 Å². The molecule has 2 aromatic heterocycles. The second-order valence-corrected chi connectivity index (χ2v) is 10.7. The van der Waals surface area contributed by atoms with Crippen molar-refractivity contribution in [2.24, 2.45) is 24.6 Å². The summed E-state index contributed by atoms with van der Waals surface area (Å²) in [6, 6.07) is 11.9. The highest BCUT2D eigenvalue weighted by molar-refractivity contribution is 5.93. The van der Waals surface area contributed by atoms with Gasteiger partial charge in [-0.3, -0.25) is 9.48 Å². The first-order valence-corrected chi connectivity index (χ1v) is 12.1. The average Bonchev–Trinajstić information content (AvgIpc) is 3.14. The zero-order valence-electron chi connectivity index (χ0n) is 20.8. The van der Waals surface area contributed by atoms with E-state index in [1.165, 1.54) is 12.1 Å². The fourth-order valence-electron chi connectivity index (χ4n) is 4.79. The van der Waals surface area contributed by atoms with E-state index in [0.29, 0.717) is 30.4 Å². The summed E-state index contributed by atoms with van der Waals surface area (Å²) >= 11 is 0. The highest BCUT2D eigenvalue weighted by Gasteiger charge is 2.59. The molecule has 3 aromatic rings. The molecule has 5 rings (SSSR count). The van der Waals surface area contributed by atoms with E-state index in [2.05, 4.69) is 18.9 Å². The van der Waals surface area contributed by atoms with Gasteiger partial charge in [0, 0.05) is 49.1 Å².